The Labute approximate surface area is 172 Å². The van der Waals surface area contributed by atoms with Crippen LogP contribution in [0, 0.1) is 5.82 Å². The van der Waals surface area contributed by atoms with Gasteiger partial charge in [0.25, 0.3) is 11.8 Å². The molecule has 30 heavy (non-hydrogen) atoms. The summed E-state index contributed by atoms with van der Waals surface area (Å²) >= 11 is 0. The number of benzene rings is 3. The van der Waals surface area contributed by atoms with Crippen LogP contribution in [0.15, 0.2) is 72.8 Å². The molecule has 0 saturated heterocycles. The van der Waals surface area contributed by atoms with E-state index in [9.17, 15) is 14.0 Å². The summed E-state index contributed by atoms with van der Waals surface area (Å²) in [6.45, 7) is 0.417. The van der Waals surface area contributed by atoms with Crippen LogP contribution in [0.4, 0.5) is 4.39 Å². The molecule has 3 aromatic carbocycles. The fourth-order valence-corrected chi connectivity index (χ4v) is 3.50. The third-order valence-electron chi connectivity index (χ3n) is 5.08. The van der Waals surface area contributed by atoms with Crippen molar-refractivity contribution in [1.29, 1.82) is 0 Å². The molecule has 152 valence electrons. The molecule has 0 fully saturated rings. The van der Waals surface area contributed by atoms with Crippen LogP contribution in [0.2, 0.25) is 0 Å². The second kappa shape index (κ2) is 8.34. The van der Waals surface area contributed by atoms with Crippen molar-refractivity contribution in [2.45, 2.75) is 12.6 Å². The number of nitrogens with zero attached hydrogens (tertiary/aromatic N) is 1. The Morgan fingerprint density at radius 2 is 1.70 bits per heavy atom. The normalized spacial score (nSPS) is 15.5. The maximum absolute atomic E-state index is 13.3. The number of hydrogen-bond donors (Lipinski definition) is 2. The Hall–Kier alpha value is -3.71. The van der Waals surface area contributed by atoms with Crippen LogP contribution in [0.25, 0.3) is 0 Å². The van der Waals surface area contributed by atoms with Gasteiger partial charge in [-0.2, -0.15) is 0 Å². The summed E-state index contributed by atoms with van der Waals surface area (Å²) < 4.78 is 19.3. The average molecular weight is 406 g/mol. The number of fused-ring (bicyclic) bond motifs is 1. The summed E-state index contributed by atoms with van der Waals surface area (Å²) in [5.41, 5.74) is 3.83. The van der Waals surface area contributed by atoms with E-state index < -0.39 is 11.7 Å². The predicted octanol–water partition coefficient (Wildman–Crippen LogP) is 3.72. The van der Waals surface area contributed by atoms with Gasteiger partial charge in [-0.3, -0.25) is 14.8 Å². The highest BCUT2D eigenvalue weighted by Crippen LogP contribution is 2.33. The summed E-state index contributed by atoms with van der Waals surface area (Å²) in [5.74, 6) is -0.848. The quantitative estimate of drug-likeness (QED) is 0.513. The van der Waals surface area contributed by atoms with Gasteiger partial charge in [-0.05, 0) is 42.0 Å². The highest BCUT2D eigenvalue weighted by atomic mass is 19.1. The monoisotopic (exact) mass is 406 g/mol. The molecule has 1 aliphatic heterocycles. The Bertz CT molecular complexity index is 1070. The molecule has 1 heterocycles. The van der Waals surface area contributed by atoms with Crippen LogP contribution in [0.1, 0.15) is 37.9 Å². The first-order chi connectivity index (χ1) is 14.6. The minimum absolute atomic E-state index is 0.175. The Morgan fingerprint density at radius 1 is 1.00 bits per heavy atom. The minimum Gasteiger partial charge on any atom is -0.491 e. The van der Waals surface area contributed by atoms with Crippen molar-refractivity contribution >= 4 is 11.8 Å². The number of rotatable bonds is 3. The Balaban J connectivity index is 1.74. The summed E-state index contributed by atoms with van der Waals surface area (Å²) in [4.78, 5) is 26.8. The van der Waals surface area contributed by atoms with Crippen LogP contribution in [0.3, 0.4) is 0 Å². The van der Waals surface area contributed by atoms with Gasteiger partial charge in [0.15, 0.2) is 0 Å². The van der Waals surface area contributed by atoms with Crippen LogP contribution in [0.5, 0.6) is 5.75 Å². The zero-order valence-electron chi connectivity index (χ0n) is 15.9. The van der Waals surface area contributed by atoms with Crippen molar-refractivity contribution in [2.75, 3.05) is 6.61 Å². The lowest BCUT2D eigenvalue weighted by Crippen LogP contribution is -2.36. The topological polar surface area (TPSA) is 78.9 Å². The molecule has 0 unspecified atom stereocenters. The fourth-order valence-electron chi connectivity index (χ4n) is 3.50. The molecule has 0 radical (unpaired) electrons. The number of amides is 2. The van der Waals surface area contributed by atoms with Gasteiger partial charge in [-0.1, -0.05) is 36.4 Å². The molecule has 0 aromatic heterocycles. The highest BCUT2D eigenvalue weighted by molar-refractivity contribution is 5.95. The van der Waals surface area contributed by atoms with Gasteiger partial charge in [-0.15, -0.1) is 0 Å². The number of carbonyl (C=O) groups is 2. The lowest BCUT2D eigenvalue weighted by molar-refractivity contribution is 0.0621. The first-order valence-electron chi connectivity index (χ1n) is 9.38. The van der Waals surface area contributed by atoms with Crippen LogP contribution < -0.4 is 10.2 Å². The largest absolute Gasteiger partial charge is 0.491 e. The van der Waals surface area contributed by atoms with Gasteiger partial charge in [-0.25, -0.2) is 9.87 Å². The maximum Gasteiger partial charge on any atom is 0.274 e. The Morgan fingerprint density at radius 3 is 2.40 bits per heavy atom. The number of hydroxylamine groups is 1. The molecule has 4 rings (SSSR count). The standard InChI is InChI=1S/C23H19FN2O4/c24-19-10-8-16(9-11-19)23(28)26-13-18-7-6-17(22(27)25-29)12-21(18)30-14-20(26)15-4-2-1-3-5-15/h1-12,20,29H,13-14H2,(H,25,27)/t20-/m1/s1. The van der Waals surface area contributed by atoms with E-state index in [-0.39, 0.29) is 30.7 Å². The average Bonchev–Trinajstić information content (AvgIpc) is 2.98. The third-order valence-corrected chi connectivity index (χ3v) is 5.08. The van der Waals surface area contributed by atoms with E-state index in [1.165, 1.54) is 30.3 Å². The molecule has 0 spiro atoms. The highest BCUT2D eigenvalue weighted by Gasteiger charge is 2.31. The number of halogens is 1. The number of hydrogen-bond acceptors (Lipinski definition) is 4. The lowest BCUT2D eigenvalue weighted by atomic mass is 10.0. The van der Waals surface area contributed by atoms with Gasteiger partial charge in [0.1, 0.15) is 18.2 Å². The van der Waals surface area contributed by atoms with Gasteiger partial charge >= 0.3 is 0 Å². The summed E-state index contributed by atoms with van der Waals surface area (Å²) in [6.07, 6.45) is 0. The van der Waals surface area contributed by atoms with E-state index in [0.717, 1.165) is 11.1 Å². The van der Waals surface area contributed by atoms with Crippen molar-refractivity contribution in [2.24, 2.45) is 0 Å². The number of nitrogens with one attached hydrogen (secondary N) is 1. The molecule has 7 heteroatoms. The zero-order chi connectivity index (χ0) is 21.1. The van der Waals surface area contributed by atoms with Gasteiger partial charge < -0.3 is 9.64 Å². The van der Waals surface area contributed by atoms with Gasteiger partial charge in [0, 0.05) is 16.7 Å². The van der Waals surface area contributed by atoms with Crippen molar-refractivity contribution in [3.8, 4) is 5.75 Å². The smallest absolute Gasteiger partial charge is 0.274 e. The lowest BCUT2D eigenvalue weighted by Gasteiger charge is -2.29. The SMILES string of the molecule is O=C(NO)c1ccc2c(c1)OC[C@H](c1ccccc1)N(C(=O)c1ccc(F)cc1)C2. The van der Waals surface area contributed by atoms with E-state index in [1.54, 1.807) is 22.5 Å². The van der Waals surface area contributed by atoms with E-state index >= 15 is 0 Å². The van der Waals surface area contributed by atoms with Crippen LogP contribution >= 0.6 is 0 Å². The van der Waals surface area contributed by atoms with E-state index in [0.29, 0.717) is 11.3 Å². The maximum atomic E-state index is 13.3. The second-order valence-electron chi connectivity index (χ2n) is 6.94. The van der Waals surface area contributed by atoms with Gasteiger partial charge in [0.05, 0.1) is 12.6 Å². The molecule has 1 aliphatic rings. The molecular weight excluding hydrogens is 387 g/mol. The fraction of sp³-hybridized carbons (Fsp3) is 0.130. The summed E-state index contributed by atoms with van der Waals surface area (Å²) in [7, 11) is 0. The van der Waals surface area contributed by atoms with Gasteiger partial charge in [0.2, 0.25) is 0 Å². The summed E-state index contributed by atoms with van der Waals surface area (Å²) in [6, 6.07) is 19.3. The van der Waals surface area contributed by atoms with Crippen molar-refractivity contribution in [1.82, 2.24) is 10.4 Å². The molecule has 0 saturated carbocycles. The molecule has 1 atom stereocenters. The molecule has 2 N–H and O–H groups in total. The summed E-state index contributed by atoms with van der Waals surface area (Å²) in [5, 5.41) is 8.88. The van der Waals surface area contributed by atoms with Crippen LogP contribution in [-0.4, -0.2) is 28.5 Å². The molecule has 2 amide bonds. The van der Waals surface area contributed by atoms with Crippen molar-refractivity contribution in [3.05, 3.63) is 101 Å². The second-order valence-corrected chi connectivity index (χ2v) is 6.94. The first-order valence-corrected chi connectivity index (χ1v) is 9.38. The number of carbonyl (C=O) groups excluding carboxylic acids is 2. The number of ether oxygens (including phenoxy) is 1. The molecule has 0 aliphatic carbocycles. The molecule has 6 nitrogen and oxygen atoms in total. The molecular formula is C23H19FN2O4. The molecule has 0 bridgehead atoms. The third kappa shape index (κ3) is 3.88. The van der Waals surface area contributed by atoms with Crippen LogP contribution in [-0.2, 0) is 6.54 Å². The van der Waals surface area contributed by atoms with E-state index in [4.69, 9.17) is 9.94 Å². The minimum atomic E-state index is -0.649. The molecule has 3 aromatic rings. The van der Waals surface area contributed by atoms with Crippen molar-refractivity contribution in [3.63, 3.8) is 0 Å². The predicted molar refractivity (Wildman–Crippen MR) is 107 cm³/mol. The van der Waals surface area contributed by atoms with Crippen molar-refractivity contribution < 1.29 is 23.9 Å². The zero-order valence-corrected chi connectivity index (χ0v) is 15.9. The Kier molecular flexibility index (Phi) is 5.45. The van der Waals surface area contributed by atoms with E-state index in [2.05, 4.69) is 0 Å². The first kappa shape index (κ1) is 19.6. The van der Waals surface area contributed by atoms with E-state index in [1.807, 2.05) is 30.3 Å².